The van der Waals surface area contributed by atoms with Crippen LogP contribution >= 0.6 is 23.2 Å². The first-order valence-corrected chi connectivity index (χ1v) is 9.91. The van der Waals surface area contributed by atoms with E-state index in [1.54, 1.807) is 49.4 Å². The minimum Gasteiger partial charge on any atom is -0.507 e. The number of aromatic nitrogens is 1. The van der Waals surface area contributed by atoms with Gasteiger partial charge in [-0.25, -0.2) is 0 Å². The van der Waals surface area contributed by atoms with Gasteiger partial charge in [0.2, 0.25) is 0 Å². The van der Waals surface area contributed by atoms with Gasteiger partial charge >= 0.3 is 5.91 Å². The molecule has 0 radical (unpaired) electrons. The van der Waals surface area contributed by atoms with Crippen molar-refractivity contribution >= 4 is 46.5 Å². The summed E-state index contributed by atoms with van der Waals surface area (Å²) < 4.78 is 10.2. The van der Waals surface area contributed by atoms with Gasteiger partial charge in [0.15, 0.2) is 5.82 Å². The van der Waals surface area contributed by atoms with Gasteiger partial charge in [0.25, 0.3) is 5.78 Å². The van der Waals surface area contributed by atoms with E-state index >= 15 is 0 Å². The Kier molecular flexibility index (Phi) is 5.47. The number of benzene rings is 2. The molecular weight excluding hydrogens is 443 g/mol. The summed E-state index contributed by atoms with van der Waals surface area (Å²) in [7, 11) is 1.52. The lowest BCUT2D eigenvalue weighted by molar-refractivity contribution is -0.132. The van der Waals surface area contributed by atoms with Crippen molar-refractivity contribution in [1.82, 2.24) is 5.16 Å². The summed E-state index contributed by atoms with van der Waals surface area (Å²) in [4.78, 5) is 27.2. The van der Waals surface area contributed by atoms with Crippen LogP contribution in [-0.2, 0) is 9.59 Å². The van der Waals surface area contributed by atoms with Gasteiger partial charge in [-0.2, -0.15) is 0 Å². The maximum absolute atomic E-state index is 13.0. The molecular formula is C22H16Cl2N2O5. The second kappa shape index (κ2) is 8.09. The zero-order chi connectivity index (χ0) is 22.3. The number of halogens is 2. The van der Waals surface area contributed by atoms with Crippen LogP contribution < -0.4 is 9.64 Å². The van der Waals surface area contributed by atoms with Crippen molar-refractivity contribution in [2.45, 2.75) is 13.0 Å². The number of aryl methyl sites for hydroxylation is 1. The number of rotatable bonds is 4. The van der Waals surface area contributed by atoms with E-state index in [0.29, 0.717) is 27.7 Å². The predicted octanol–water partition coefficient (Wildman–Crippen LogP) is 4.92. The average molecular weight is 459 g/mol. The number of aliphatic hydroxyl groups is 1. The third kappa shape index (κ3) is 3.66. The Bertz CT molecular complexity index is 1220. The van der Waals surface area contributed by atoms with E-state index < -0.39 is 17.7 Å². The first-order chi connectivity index (χ1) is 14.8. The van der Waals surface area contributed by atoms with Crippen LogP contribution in [0, 0.1) is 6.92 Å². The van der Waals surface area contributed by atoms with Gasteiger partial charge in [0.1, 0.15) is 17.3 Å². The quantitative estimate of drug-likeness (QED) is 0.338. The molecule has 4 rings (SSSR count). The highest BCUT2D eigenvalue weighted by Gasteiger charge is 2.48. The summed E-state index contributed by atoms with van der Waals surface area (Å²) in [6, 6.07) is 11.7. The van der Waals surface area contributed by atoms with Crippen molar-refractivity contribution in [3.8, 4) is 5.75 Å². The minimum absolute atomic E-state index is 0.103. The van der Waals surface area contributed by atoms with Crippen LogP contribution in [0.5, 0.6) is 5.75 Å². The lowest BCUT2D eigenvalue weighted by atomic mass is 9.95. The molecule has 3 aromatic rings. The Balaban J connectivity index is 1.93. The number of aliphatic hydroxyl groups excluding tert-OH is 1. The molecule has 1 amide bonds. The van der Waals surface area contributed by atoms with E-state index in [4.69, 9.17) is 32.5 Å². The molecule has 1 N–H and O–H groups in total. The molecule has 0 saturated carbocycles. The van der Waals surface area contributed by atoms with Crippen molar-refractivity contribution in [2.24, 2.45) is 0 Å². The largest absolute Gasteiger partial charge is 0.507 e. The Labute approximate surface area is 187 Å². The normalized spacial score (nSPS) is 17.9. The highest BCUT2D eigenvalue weighted by molar-refractivity contribution is 6.51. The predicted molar refractivity (Wildman–Crippen MR) is 115 cm³/mol. The SMILES string of the molecule is COc1ccc(C(O)=C2C(=O)C(=O)N(c3cc(C)on3)C2c2ccc(Cl)c(Cl)c2)cc1. The van der Waals surface area contributed by atoms with Crippen LogP contribution in [0.4, 0.5) is 5.82 Å². The monoisotopic (exact) mass is 458 g/mol. The zero-order valence-electron chi connectivity index (χ0n) is 16.4. The number of hydrogen-bond acceptors (Lipinski definition) is 6. The van der Waals surface area contributed by atoms with Crippen LogP contribution in [0.1, 0.15) is 22.9 Å². The second-order valence-electron chi connectivity index (χ2n) is 6.87. The number of ketones is 1. The van der Waals surface area contributed by atoms with Crippen LogP contribution in [0.3, 0.4) is 0 Å². The smallest absolute Gasteiger partial charge is 0.301 e. The first-order valence-electron chi connectivity index (χ1n) is 9.15. The van der Waals surface area contributed by atoms with E-state index in [-0.39, 0.29) is 22.2 Å². The van der Waals surface area contributed by atoms with Crippen molar-refractivity contribution in [1.29, 1.82) is 0 Å². The molecule has 1 fully saturated rings. The van der Waals surface area contributed by atoms with Gasteiger partial charge in [0.05, 0.1) is 28.8 Å². The molecule has 1 aliphatic heterocycles. The summed E-state index contributed by atoms with van der Waals surface area (Å²) in [6.45, 7) is 1.67. The van der Waals surface area contributed by atoms with E-state index in [9.17, 15) is 14.7 Å². The van der Waals surface area contributed by atoms with Crippen molar-refractivity contribution < 1.29 is 24.0 Å². The Morgan fingerprint density at radius 3 is 2.39 bits per heavy atom. The number of ether oxygens (including phenoxy) is 1. The van der Waals surface area contributed by atoms with Crippen LogP contribution in [0.2, 0.25) is 10.0 Å². The fourth-order valence-corrected chi connectivity index (χ4v) is 3.74. The van der Waals surface area contributed by atoms with Gasteiger partial charge in [-0.3, -0.25) is 14.5 Å². The molecule has 0 spiro atoms. The van der Waals surface area contributed by atoms with E-state index in [0.717, 1.165) is 0 Å². The third-order valence-electron chi connectivity index (χ3n) is 4.93. The molecule has 1 unspecified atom stereocenters. The second-order valence-corrected chi connectivity index (χ2v) is 7.68. The number of Topliss-reactive ketones (excluding diaryl/α,β-unsaturated/α-hetero) is 1. The third-order valence-corrected chi connectivity index (χ3v) is 5.67. The summed E-state index contributed by atoms with van der Waals surface area (Å²) in [5.41, 5.74) is 0.721. The summed E-state index contributed by atoms with van der Waals surface area (Å²) in [5.74, 6) is -0.857. The van der Waals surface area contributed by atoms with Crippen LogP contribution in [-0.4, -0.2) is 29.1 Å². The molecule has 0 aliphatic carbocycles. The van der Waals surface area contributed by atoms with Crippen LogP contribution in [0.25, 0.3) is 5.76 Å². The summed E-state index contributed by atoms with van der Waals surface area (Å²) in [5, 5.41) is 15.5. The molecule has 2 aromatic carbocycles. The van der Waals surface area contributed by atoms with Crippen LogP contribution in [0.15, 0.2) is 58.6 Å². The van der Waals surface area contributed by atoms with Gasteiger partial charge in [0, 0.05) is 11.6 Å². The Hall–Kier alpha value is -3.29. The van der Waals surface area contributed by atoms with Gasteiger partial charge in [-0.15, -0.1) is 0 Å². The lowest BCUT2D eigenvalue weighted by Gasteiger charge is -2.23. The first kappa shape index (κ1) is 21.0. The Morgan fingerprint density at radius 2 is 1.81 bits per heavy atom. The minimum atomic E-state index is -0.985. The number of carbonyl (C=O) groups excluding carboxylic acids is 2. The van der Waals surface area contributed by atoms with Gasteiger partial charge < -0.3 is 14.4 Å². The standard InChI is InChI=1S/C22H16Cl2N2O5/c1-11-9-17(25-31-11)26-19(13-5-8-15(23)16(24)10-13)18(21(28)22(26)29)20(27)12-3-6-14(30-2)7-4-12/h3-10,19,27H,1-2H3. The number of nitrogens with zero attached hydrogens (tertiary/aromatic N) is 2. The Morgan fingerprint density at radius 1 is 1.10 bits per heavy atom. The van der Waals surface area contributed by atoms with Crippen molar-refractivity contribution in [2.75, 3.05) is 12.0 Å². The maximum Gasteiger partial charge on any atom is 0.301 e. The highest BCUT2D eigenvalue weighted by Crippen LogP contribution is 2.43. The average Bonchev–Trinajstić information content (AvgIpc) is 3.30. The summed E-state index contributed by atoms with van der Waals surface area (Å²) >= 11 is 12.2. The number of anilines is 1. The molecule has 1 saturated heterocycles. The molecule has 158 valence electrons. The number of methoxy groups -OCH3 is 1. The molecule has 9 heteroatoms. The highest BCUT2D eigenvalue weighted by atomic mass is 35.5. The van der Waals surface area contributed by atoms with Crippen molar-refractivity contribution in [3.05, 3.63) is 81.0 Å². The molecule has 1 aliphatic rings. The van der Waals surface area contributed by atoms with Crippen molar-refractivity contribution in [3.63, 3.8) is 0 Å². The fraction of sp³-hybridized carbons (Fsp3) is 0.136. The molecule has 7 nitrogen and oxygen atoms in total. The number of amides is 1. The molecule has 31 heavy (non-hydrogen) atoms. The maximum atomic E-state index is 13.0. The molecule has 2 heterocycles. The van der Waals surface area contributed by atoms with E-state index in [1.807, 2.05) is 0 Å². The van der Waals surface area contributed by atoms with E-state index in [1.165, 1.54) is 18.1 Å². The molecule has 0 bridgehead atoms. The topological polar surface area (TPSA) is 92.9 Å². The lowest BCUT2D eigenvalue weighted by Crippen LogP contribution is -2.29. The number of hydrogen-bond donors (Lipinski definition) is 1. The molecule has 1 atom stereocenters. The van der Waals surface area contributed by atoms with Gasteiger partial charge in [-0.05, 0) is 48.9 Å². The fourth-order valence-electron chi connectivity index (χ4n) is 3.44. The number of carbonyl (C=O) groups is 2. The summed E-state index contributed by atoms with van der Waals surface area (Å²) in [6.07, 6.45) is 0. The van der Waals surface area contributed by atoms with Gasteiger partial charge in [-0.1, -0.05) is 34.4 Å². The zero-order valence-corrected chi connectivity index (χ0v) is 17.9. The molecule has 1 aromatic heterocycles. The van der Waals surface area contributed by atoms with E-state index in [2.05, 4.69) is 5.16 Å².